The number of fused-ring (bicyclic) bond motifs is 1. The highest BCUT2D eigenvalue weighted by molar-refractivity contribution is 5.84. The van der Waals surface area contributed by atoms with Gasteiger partial charge in [-0.2, -0.15) is 9.97 Å². The summed E-state index contributed by atoms with van der Waals surface area (Å²) in [7, 11) is 0. The largest absolute Gasteiger partial charge is 0.391 e. The maximum absolute atomic E-state index is 10.6. The number of hydrogen-bond acceptors (Lipinski definition) is 7. The number of anilines is 2. The van der Waals surface area contributed by atoms with E-state index >= 15 is 0 Å². The molecule has 0 fully saturated rings. The molecule has 4 rings (SSSR count). The summed E-state index contributed by atoms with van der Waals surface area (Å²) in [5.41, 5.74) is 4.64. The first-order chi connectivity index (χ1) is 16.9. The number of hydrogen-bond donors (Lipinski definition) is 3. The van der Waals surface area contributed by atoms with E-state index in [4.69, 9.17) is 9.97 Å². The number of imidazole rings is 1. The first kappa shape index (κ1) is 24.6. The van der Waals surface area contributed by atoms with E-state index < -0.39 is 6.10 Å². The Hall–Kier alpha value is -3.52. The van der Waals surface area contributed by atoms with Gasteiger partial charge in [0.2, 0.25) is 5.95 Å². The van der Waals surface area contributed by atoms with Crippen LogP contribution in [0.5, 0.6) is 0 Å². The molecule has 0 saturated carbocycles. The van der Waals surface area contributed by atoms with Gasteiger partial charge < -0.3 is 20.3 Å². The van der Waals surface area contributed by atoms with Crippen LogP contribution >= 0.6 is 0 Å². The summed E-state index contributed by atoms with van der Waals surface area (Å²) in [6, 6.07) is 14.3. The van der Waals surface area contributed by atoms with Crippen molar-refractivity contribution in [3.63, 3.8) is 0 Å². The summed E-state index contributed by atoms with van der Waals surface area (Å²) in [6.07, 6.45) is 3.87. The molecule has 0 aliphatic heterocycles. The molecule has 3 heterocycles. The summed E-state index contributed by atoms with van der Waals surface area (Å²) in [5.74, 6) is 1.28. The second kappa shape index (κ2) is 10.8. The zero-order valence-electron chi connectivity index (χ0n) is 21.1. The molecule has 0 spiro atoms. The summed E-state index contributed by atoms with van der Waals surface area (Å²) >= 11 is 0. The van der Waals surface area contributed by atoms with Gasteiger partial charge >= 0.3 is 0 Å². The molecule has 0 bridgehead atoms. The highest BCUT2D eigenvalue weighted by atomic mass is 16.3. The van der Waals surface area contributed by atoms with Gasteiger partial charge in [0.15, 0.2) is 17.0 Å². The highest BCUT2D eigenvalue weighted by Gasteiger charge is 2.23. The van der Waals surface area contributed by atoms with Gasteiger partial charge in [0, 0.05) is 24.3 Å². The standard InChI is InChI=1S/C27H35N7O/c1-6-21(24(35)17(2)3)31-27-32-25(23-26(33-27)34(16-30-23)18(4)5)29-15-19-10-12-20(13-11-19)22-9-7-8-14-28-22/h7-14,16-18,21,24,35H,6,15H2,1-5H3,(H2,29,31,32,33)/t21-,24?/m1/s1. The fourth-order valence-electron chi connectivity index (χ4n) is 4.05. The van der Waals surface area contributed by atoms with Gasteiger partial charge in [-0.05, 0) is 43.9 Å². The Morgan fingerprint density at radius 1 is 0.971 bits per heavy atom. The Bertz CT molecular complexity index is 1240. The second-order valence-corrected chi connectivity index (χ2v) is 9.47. The minimum Gasteiger partial charge on any atom is -0.391 e. The number of aromatic nitrogens is 5. The zero-order valence-corrected chi connectivity index (χ0v) is 21.1. The third kappa shape index (κ3) is 5.59. The predicted octanol–water partition coefficient (Wildman–Crippen LogP) is 5.29. The van der Waals surface area contributed by atoms with Crippen molar-refractivity contribution in [3.05, 3.63) is 60.6 Å². The molecule has 0 amide bonds. The van der Waals surface area contributed by atoms with E-state index in [1.54, 1.807) is 12.5 Å². The van der Waals surface area contributed by atoms with E-state index in [1.165, 1.54) is 0 Å². The molecule has 0 radical (unpaired) electrons. The third-order valence-electron chi connectivity index (χ3n) is 6.20. The van der Waals surface area contributed by atoms with Crippen molar-refractivity contribution in [1.29, 1.82) is 0 Å². The molecule has 8 heteroatoms. The van der Waals surface area contributed by atoms with Crippen molar-refractivity contribution in [2.75, 3.05) is 10.6 Å². The lowest BCUT2D eigenvalue weighted by molar-refractivity contribution is 0.103. The SMILES string of the molecule is CC[C@@H](Nc1nc(NCc2ccc(-c3ccccn3)cc2)c2ncn(C(C)C)c2n1)C(O)C(C)C. The summed E-state index contributed by atoms with van der Waals surface area (Å²) in [4.78, 5) is 18.5. The van der Waals surface area contributed by atoms with Crippen LogP contribution in [0.15, 0.2) is 55.0 Å². The summed E-state index contributed by atoms with van der Waals surface area (Å²) in [6.45, 7) is 10.9. The van der Waals surface area contributed by atoms with E-state index in [-0.39, 0.29) is 18.0 Å². The van der Waals surface area contributed by atoms with Crippen LogP contribution in [0.1, 0.15) is 52.6 Å². The smallest absolute Gasteiger partial charge is 0.227 e. The van der Waals surface area contributed by atoms with Gasteiger partial charge in [0.05, 0.1) is 24.2 Å². The van der Waals surface area contributed by atoms with Gasteiger partial charge in [-0.25, -0.2) is 4.98 Å². The van der Waals surface area contributed by atoms with Crippen LogP contribution in [0.25, 0.3) is 22.4 Å². The number of pyridine rings is 1. The first-order valence-electron chi connectivity index (χ1n) is 12.3. The Labute approximate surface area is 206 Å². The molecular weight excluding hydrogens is 438 g/mol. The number of rotatable bonds is 10. The lowest BCUT2D eigenvalue weighted by atomic mass is 9.98. The van der Waals surface area contributed by atoms with Crippen molar-refractivity contribution in [3.8, 4) is 11.3 Å². The van der Waals surface area contributed by atoms with Crippen molar-refractivity contribution in [1.82, 2.24) is 24.5 Å². The van der Waals surface area contributed by atoms with Crippen LogP contribution in [-0.4, -0.2) is 41.8 Å². The quantitative estimate of drug-likeness (QED) is 0.288. The van der Waals surface area contributed by atoms with Crippen LogP contribution < -0.4 is 10.6 Å². The van der Waals surface area contributed by atoms with E-state index in [2.05, 4.69) is 58.7 Å². The van der Waals surface area contributed by atoms with Crippen molar-refractivity contribution >= 4 is 22.9 Å². The lowest BCUT2D eigenvalue weighted by Crippen LogP contribution is -2.37. The zero-order chi connectivity index (χ0) is 24.9. The van der Waals surface area contributed by atoms with Gasteiger partial charge in [-0.15, -0.1) is 0 Å². The summed E-state index contributed by atoms with van der Waals surface area (Å²) < 4.78 is 2.04. The normalized spacial score (nSPS) is 13.4. The number of aliphatic hydroxyl groups excluding tert-OH is 1. The van der Waals surface area contributed by atoms with Crippen LogP contribution in [-0.2, 0) is 6.54 Å². The maximum atomic E-state index is 10.6. The van der Waals surface area contributed by atoms with Gasteiger partial charge in [-0.3, -0.25) is 4.98 Å². The molecule has 1 unspecified atom stereocenters. The molecule has 1 aromatic carbocycles. The minimum absolute atomic E-state index is 0.129. The van der Waals surface area contributed by atoms with Gasteiger partial charge in [-0.1, -0.05) is 51.1 Å². The van der Waals surface area contributed by atoms with Crippen molar-refractivity contribution in [2.45, 2.75) is 65.8 Å². The van der Waals surface area contributed by atoms with Gasteiger partial charge in [0.25, 0.3) is 0 Å². The monoisotopic (exact) mass is 473 g/mol. The lowest BCUT2D eigenvalue weighted by Gasteiger charge is -2.26. The fourth-order valence-corrected chi connectivity index (χ4v) is 4.05. The molecule has 2 atom stereocenters. The van der Waals surface area contributed by atoms with E-state index in [0.29, 0.717) is 18.3 Å². The van der Waals surface area contributed by atoms with Crippen molar-refractivity contribution in [2.24, 2.45) is 5.92 Å². The third-order valence-corrected chi connectivity index (χ3v) is 6.20. The molecule has 3 aromatic heterocycles. The van der Waals surface area contributed by atoms with E-state index in [9.17, 15) is 5.11 Å². The topological polar surface area (TPSA) is 101 Å². The molecule has 35 heavy (non-hydrogen) atoms. The molecule has 0 saturated heterocycles. The maximum Gasteiger partial charge on any atom is 0.227 e. The number of benzene rings is 1. The van der Waals surface area contributed by atoms with Crippen LogP contribution in [0, 0.1) is 5.92 Å². The first-order valence-corrected chi connectivity index (χ1v) is 12.3. The molecule has 8 nitrogen and oxygen atoms in total. The molecular formula is C27H35N7O. The molecule has 0 aliphatic rings. The molecule has 3 N–H and O–H groups in total. The Kier molecular flexibility index (Phi) is 7.60. The van der Waals surface area contributed by atoms with Crippen LogP contribution in [0.2, 0.25) is 0 Å². The Balaban J connectivity index is 1.59. The average Bonchev–Trinajstić information content (AvgIpc) is 3.30. The molecule has 4 aromatic rings. The highest BCUT2D eigenvalue weighted by Crippen LogP contribution is 2.25. The minimum atomic E-state index is -0.497. The number of aliphatic hydroxyl groups is 1. The Morgan fingerprint density at radius 3 is 2.37 bits per heavy atom. The Morgan fingerprint density at radius 2 is 1.74 bits per heavy atom. The van der Waals surface area contributed by atoms with Crippen LogP contribution in [0.3, 0.4) is 0 Å². The van der Waals surface area contributed by atoms with E-state index in [0.717, 1.165) is 34.4 Å². The van der Waals surface area contributed by atoms with Crippen LogP contribution in [0.4, 0.5) is 11.8 Å². The fraction of sp³-hybridized carbons (Fsp3) is 0.407. The predicted molar refractivity (Wildman–Crippen MR) is 141 cm³/mol. The van der Waals surface area contributed by atoms with Crippen molar-refractivity contribution < 1.29 is 5.11 Å². The number of nitrogens with zero attached hydrogens (tertiary/aromatic N) is 5. The summed E-state index contributed by atoms with van der Waals surface area (Å²) in [5, 5.41) is 17.4. The van der Waals surface area contributed by atoms with Gasteiger partial charge in [0.1, 0.15) is 0 Å². The van der Waals surface area contributed by atoms with E-state index in [1.807, 2.05) is 43.5 Å². The second-order valence-electron chi connectivity index (χ2n) is 9.47. The molecule has 184 valence electrons. The number of nitrogens with one attached hydrogen (secondary N) is 2. The molecule has 0 aliphatic carbocycles. The average molecular weight is 474 g/mol.